The number of nitrogens with zero attached hydrogens (tertiary/aromatic N) is 5. The Morgan fingerprint density at radius 2 is 2.12 bits per heavy atom. The molecule has 32 heavy (non-hydrogen) atoms. The molecule has 0 bridgehead atoms. The normalized spacial score (nSPS) is 18.4. The van der Waals surface area contributed by atoms with E-state index in [0.717, 1.165) is 5.69 Å². The van der Waals surface area contributed by atoms with E-state index >= 15 is 0 Å². The Hall–Kier alpha value is -3.05. The van der Waals surface area contributed by atoms with E-state index in [1.807, 2.05) is 6.92 Å². The molecule has 4 heterocycles. The van der Waals surface area contributed by atoms with E-state index in [1.54, 1.807) is 16.5 Å². The van der Waals surface area contributed by atoms with Gasteiger partial charge in [0.15, 0.2) is 12.3 Å². The topological polar surface area (TPSA) is 109 Å². The van der Waals surface area contributed by atoms with Gasteiger partial charge in [0.2, 0.25) is 11.8 Å². The van der Waals surface area contributed by atoms with Gasteiger partial charge in [-0.15, -0.1) is 0 Å². The SMILES string of the molecule is Cc1nn(CCO)c(C)c1-c1cc(F)nc(O[C@H]2CN(c3cn[nH]c(=O)c3Cl)C[C@@H]2F)c1. The predicted molar refractivity (Wildman–Crippen MR) is 113 cm³/mol. The maximum absolute atomic E-state index is 14.7. The summed E-state index contributed by atoms with van der Waals surface area (Å²) in [6, 6.07) is 2.78. The third-order valence-electron chi connectivity index (χ3n) is 5.34. The number of aromatic nitrogens is 5. The van der Waals surface area contributed by atoms with E-state index in [9.17, 15) is 18.7 Å². The van der Waals surface area contributed by atoms with Gasteiger partial charge >= 0.3 is 0 Å². The average molecular weight is 467 g/mol. The Balaban J connectivity index is 1.59. The monoisotopic (exact) mass is 466 g/mol. The molecular weight excluding hydrogens is 446 g/mol. The summed E-state index contributed by atoms with van der Waals surface area (Å²) in [5, 5.41) is 19.4. The Bertz CT molecular complexity index is 1200. The van der Waals surface area contributed by atoms with Crippen LogP contribution in [0.15, 0.2) is 23.1 Å². The first kappa shape index (κ1) is 22.2. The minimum Gasteiger partial charge on any atom is -0.469 e. The number of nitrogens with one attached hydrogen (secondary N) is 1. The summed E-state index contributed by atoms with van der Waals surface area (Å²) in [6.07, 6.45) is -1.03. The molecule has 4 rings (SSSR count). The zero-order valence-electron chi connectivity index (χ0n) is 17.3. The summed E-state index contributed by atoms with van der Waals surface area (Å²) in [6.45, 7) is 3.83. The fourth-order valence-corrected chi connectivity index (χ4v) is 4.11. The van der Waals surface area contributed by atoms with Crippen LogP contribution in [0.2, 0.25) is 5.02 Å². The largest absolute Gasteiger partial charge is 0.469 e. The zero-order chi connectivity index (χ0) is 23.0. The summed E-state index contributed by atoms with van der Waals surface area (Å²) in [7, 11) is 0. The standard InChI is InChI=1S/C20H21ClF2N6O3/c1-10-18(11(2)29(27-10)3-4-30)12-5-16(23)25-17(6-12)32-15-9-28(8-13(15)22)14-7-24-26-20(31)19(14)21/h5-7,13,15,30H,3-4,8-9H2,1-2H3,(H,26,31)/t13-,15-/m0/s1. The van der Waals surface area contributed by atoms with Crippen molar-refractivity contribution in [3.63, 3.8) is 0 Å². The van der Waals surface area contributed by atoms with Crippen LogP contribution >= 0.6 is 11.6 Å². The number of alkyl halides is 1. The highest BCUT2D eigenvalue weighted by Crippen LogP contribution is 2.32. The smallest absolute Gasteiger partial charge is 0.285 e. The van der Waals surface area contributed by atoms with Crippen molar-refractivity contribution in [1.82, 2.24) is 25.0 Å². The highest BCUT2D eigenvalue weighted by atomic mass is 35.5. The highest BCUT2D eigenvalue weighted by molar-refractivity contribution is 6.33. The molecule has 3 aromatic heterocycles. The number of halogens is 3. The summed E-state index contributed by atoms with van der Waals surface area (Å²) in [5.74, 6) is -0.850. The van der Waals surface area contributed by atoms with Gasteiger partial charge in [-0.25, -0.2) is 9.49 Å². The Morgan fingerprint density at radius 1 is 1.34 bits per heavy atom. The van der Waals surface area contributed by atoms with Crippen LogP contribution < -0.4 is 15.2 Å². The second kappa shape index (κ2) is 8.83. The van der Waals surface area contributed by atoms with Crippen molar-refractivity contribution in [3.05, 3.63) is 51.0 Å². The molecule has 9 nitrogen and oxygen atoms in total. The summed E-state index contributed by atoms with van der Waals surface area (Å²) >= 11 is 6.02. The predicted octanol–water partition coefficient (Wildman–Crippen LogP) is 2.04. The van der Waals surface area contributed by atoms with E-state index < -0.39 is 23.8 Å². The first-order chi connectivity index (χ1) is 15.3. The van der Waals surface area contributed by atoms with Gasteiger partial charge in [0, 0.05) is 23.4 Å². The van der Waals surface area contributed by atoms with Gasteiger partial charge in [-0.3, -0.25) is 9.48 Å². The van der Waals surface area contributed by atoms with Gasteiger partial charge in [-0.05, 0) is 19.4 Å². The molecule has 2 N–H and O–H groups in total. The number of aliphatic hydroxyl groups excluding tert-OH is 1. The Labute approximate surface area is 186 Å². The number of anilines is 1. The van der Waals surface area contributed by atoms with E-state index in [1.165, 1.54) is 18.3 Å². The van der Waals surface area contributed by atoms with Crippen molar-refractivity contribution in [3.8, 4) is 17.0 Å². The number of ether oxygens (including phenoxy) is 1. The van der Waals surface area contributed by atoms with Crippen molar-refractivity contribution in [1.29, 1.82) is 0 Å². The maximum Gasteiger partial charge on any atom is 0.285 e. The van der Waals surface area contributed by atoms with Crippen molar-refractivity contribution in [2.75, 3.05) is 24.6 Å². The molecule has 0 aromatic carbocycles. The molecule has 0 spiro atoms. The van der Waals surface area contributed by atoms with E-state index in [4.69, 9.17) is 16.3 Å². The van der Waals surface area contributed by atoms with Gasteiger partial charge in [0.05, 0.1) is 43.8 Å². The van der Waals surface area contributed by atoms with Crippen LogP contribution in [-0.2, 0) is 6.54 Å². The summed E-state index contributed by atoms with van der Waals surface area (Å²) in [5.41, 5.74) is 2.29. The average Bonchev–Trinajstić information content (AvgIpc) is 3.22. The highest BCUT2D eigenvalue weighted by Gasteiger charge is 2.36. The van der Waals surface area contributed by atoms with Crippen LogP contribution in [0.25, 0.3) is 11.1 Å². The van der Waals surface area contributed by atoms with E-state index in [2.05, 4.69) is 20.3 Å². The number of aryl methyl sites for hydroxylation is 1. The van der Waals surface area contributed by atoms with Crippen LogP contribution in [-0.4, -0.2) is 62.0 Å². The molecule has 1 aliphatic rings. The van der Waals surface area contributed by atoms with Crippen molar-refractivity contribution in [2.24, 2.45) is 0 Å². The molecular formula is C20H21ClF2N6O3. The second-order valence-corrected chi connectivity index (χ2v) is 7.86. The lowest BCUT2D eigenvalue weighted by atomic mass is 10.1. The van der Waals surface area contributed by atoms with Gasteiger partial charge in [0.25, 0.3) is 5.56 Å². The Kier molecular flexibility index (Phi) is 6.11. The summed E-state index contributed by atoms with van der Waals surface area (Å²) in [4.78, 5) is 17.0. The molecule has 1 fully saturated rings. The third kappa shape index (κ3) is 4.17. The Morgan fingerprint density at radius 3 is 2.88 bits per heavy atom. The molecule has 3 aromatic rings. The molecule has 0 amide bonds. The molecule has 0 saturated carbocycles. The maximum atomic E-state index is 14.7. The molecule has 170 valence electrons. The van der Waals surface area contributed by atoms with Gasteiger partial charge < -0.3 is 14.7 Å². The number of rotatable bonds is 6. The van der Waals surface area contributed by atoms with Crippen LogP contribution in [0.4, 0.5) is 14.5 Å². The fraction of sp³-hybridized carbons (Fsp3) is 0.400. The molecule has 0 radical (unpaired) electrons. The lowest BCUT2D eigenvalue weighted by molar-refractivity contribution is 0.133. The number of pyridine rings is 1. The number of hydrogen-bond donors (Lipinski definition) is 2. The first-order valence-corrected chi connectivity index (χ1v) is 10.3. The fourth-order valence-electron chi connectivity index (χ4n) is 3.90. The molecule has 1 saturated heterocycles. The minimum atomic E-state index is -1.42. The first-order valence-electron chi connectivity index (χ1n) is 9.90. The van der Waals surface area contributed by atoms with E-state index in [-0.39, 0.29) is 30.6 Å². The molecule has 0 aliphatic carbocycles. The van der Waals surface area contributed by atoms with Crippen LogP contribution in [0.1, 0.15) is 11.4 Å². The quantitative estimate of drug-likeness (QED) is 0.535. The molecule has 12 heteroatoms. The second-order valence-electron chi connectivity index (χ2n) is 7.48. The van der Waals surface area contributed by atoms with Gasteiger partial charge in [-0.2, -0.15) is 19.6 Å². The summed E-state index contributed by atoms with van der Waals surface area (Å²) < 4.78 is 36.4. The number of H-pyrrole nitrogens is 1. The third-order valence-corrected chi connectivity index (χ3v) is 5.71. The van der Waals surface area contributed by atoms with Crippen LogP contribution in [0.5, 0.6) is 5.88 Å². The number of aromatic amines is 1. The lowest BCUT2D eigenvalue weighted by Gasteiger charge is -2.18. The molecule has 0 unspecified atom stereocenters. The van der Waals surface area contributed by atoms with Gasteiger partial charge in [-0.1, -0.05) is 11.6 Å². The van der Waals surface area contributed by atoms with Crippen molar-refractivity contribution >= 4 is 17.3 Å². The van der Waals surface area contributed by atoms with Crippen LogP contribution in [0, 0.1) is 19.8 Å². The number of hydrogen-bond acceptors (Lipinski definition) is 7. The molecule has 2 atom stereocenters. The zero-order valence-corrected chi connectivity index (χ0v) is 18.1. The van der Waals surface area contributed by atoms with Crippen LogP contribution in [0.3, 0.4) is 0 Å². The minimum absolute atomic E-state index is 0.0656. The lowest BCUT2D eigenvalue weighted by Crippen LogP contribution is -2.28. The number of aliphatic hydroxyl groups is 1. The van der Waals surface area contributed by atoms with E-state index in [0.29, 0.717) is 29.1 Å². The van der Waals surface area contributed by atoms with Crippen molar-refractivity contribution < 1.29 is 18.6 Å². The molecule has 1 aliphatic heterocycles. The van der Waals surface area contributed by atoms with Crippen molar-refractivity contribution in [2.45, 2.75) is 32.7 Å². The van der Waals surface area contributed by atoms with Gasteiger partial charge in [0.1, 0.15) is 5.02 Å².